The van der Waals surface area contributed by atoms with Gasteiger partial charge in [0.25, 0.3) is 5.91 Å². The van der Waals surface area contributed by atoms with E-state index in [9.17, 15) is 4.79 Å². The summed E-state index contributed by atoms with van der Waals surface area (Å²) in [7, 11) is 1.89. The first kappa shape index (κ1) is 16.8. The summed E-state index contributed by atoms with van der Waals surface area (Å²) in [6.45, 7) is 0.553. The smallest absolute Gasteiger partial charge is 0.251 e. The number of carbonyl (C=O) groups is 1. The molecular weight excluding hydrogens is 326 g/mol. The van der Waals surface area contributed by atoms with Crippen LogP contribution in [0, 0.1) is 0 Å². The topological polar surface area (TPSA) is 81.9 Å². The molecule has 1 saturated carbocycles. The Balaban J connectivity index is 1.46. The molecule has 0 atom stereocenters. The van der Waals surface area contributed by atoms with Gasteiger partial charge >= 0.3 is 0 Å². The second kappa shape index (κ2) is 8.14. The van der Waals surface area contributed by atoms with Crippen LogP contribution in [0.1, 0.15) is 36.0 Å². The van der Waals surface area contributed by atoms with Gasteiger partial charge in [-0.3, -0.25) is 4.79 Å². The number of carbonyl (C=O) groups excluding carboxylic acids is 1. The molecule has 2 aromatic heterocycles. The molecule has 1 aliphatic carbocycles. The third-order valence-electron chi connectivity index (χ3n) is 3.88. The number of aromatic nitrogens is 4. The first-order valence-corrected chi connectivity index (χ1v) is 9.08. The molecule has 2 heterocycles. The minimum absolute atomic E-state index is 0.118. The molecule has 8 heteroatoms. The lowest BCUT2D eigenvalue weighted by Crippen LogP contribution is -2.26. The van der Waals surface area contributed by atoms with E-state index in [4.69, 9.17) is 4.74 Å². The molecule has 0 radical (unpaired) electrons. The van der Waals surface area contributed by atoms with Gasteiger partial charge < -0.3 is 14.6 Å². The molecule has 0 unspecified atom stereocenters. The molecular formula is C16H21N5O2S. The number of nitrogens with zero attached hydrogens (tertiary/aromatic N) is 4. The first-order valence-electron chi connectivity index (χ1n) is 8.10. The van der Waals surface area contributed by atoms with Gasteiger partial charge in [-0.2, -0.15) is 0 Å². The standard InChI is InChI=1S/C16H21N5O2S/c1-21-11-19-20-16(21)24-9-8-18-15(22)12-6-7-17-14(10-12)23-13-4-2-3-5-13/h6-7,10-11,13H,2-5,8-9H2,1H3,(H,18,22). The van der Waals surface area contributed by atoms with Gasteiger partial charge in [0.05, 0.1) is 0 Å². The van der Waals surface area contributed by atoms with Crippen LogP contribution < -0.4 is 10.1 Å². The van der Waals surface area contributed by atoms with Crippen molar-refractivity contribution in [2.75, 3.05) is 12.3 Å². The van der Waals surface area contributed by atoms with Crippen LogP contribution in [0.5, 0.6) is 5.88 Å². The molecule has 1 fully saturated rings. The third-order valence-corrected chi connectivity index (χ3v) is 4.91. The van der Waals surface area contributed by atoms with E-state index in [1.54, 1.807) is 36.4 Å². The van der Waals surface area contributed by atoms with Crippen molar-refractivity contribution >= 4 is 17.7 Å². The van der Waals surface area contributed by atoms with Crippen LogP contribution >= 0.6 is 11.8 Å². The van der Waals surface area contributed by atoms with Crippen molar-refractivity contribution in [3.05, 3.63) is 30.2 Å². The van der Waals surface area contributed by atoms with E-state index in [0.717, 1.165) is 23.8 Å². The average molecular weight is 347 g/mol. The van der Waals surface area contributed by atoms with E-state index in [1.807, 2.05) is 11.6 Å². The van der Waals surface area contributed by atoms with Gasteiger partial charge in [0.1, 0.15) is 12.4 Å². The summed E-state index contributed by atoms with van der Waals surface area (Å²) < 4.78 is 7.69. The zero-order chi connectivity index (χ0) is 16.8. The van der Waals surface area contributed by atoms with Gasteiger partial charge in [-0.15, -0.1) is 10.2 Å². The Kier molecular flexibility index (Phi) is 5.68. The van der Waals surface area contributed by atoms with E-state index < -0.39 is 0 Å². The summed E-state index contributed by atoms with van der Waals surface area (Å²) >= 11 is 1.55. The summed E-state index contributed by atoms with van der Waals surface area (Å²) in [5.41, 5.74) is 0.571. The zero-order valence-electron chi connectivity index (χ0n) is 13.6. The number of thioether (sulfide) groups is 1. The Morgan fingerprint density at radius 3 is 3.04 bits per heavy atom. The molecule has 2 aromatic rings. The van der Waals surface area contributed by atoms with Crippen molar-refractivity contribution in [2.45, 2.75) is 36.9 Å². The second-order valence-electron chi connectivity index (χ2n) is 5.74. The van der Waals surface area contributed by atoms with E-state index in [2.05, 4.69) is 20.5 Å². The molecule has 0 aromatic carbocycles. The van der Waals surface area contributed by atoms with Crippen LogP contribution in [-0.2, 0) is 7.05 Å². The monoisotopic (exact) mass is 347 g/mol. The van der Waals surface area contributed by atoms with Crippen molar-refractivity contribution in [3.63, 3.8) is 0 Å². The number of amides is 1. The van der Waals surface area contributed by atoms with E-state index in [-0.39, 0.29) is 12.0 Å². The molecule has 0 aliphatic heterocycles. The molecule has 24 heavy (non-hydrogen) atoms. The van der Waals surface area contributed by atoms with Crippen LogP contribution in [0.15, 0.2) is 29.8 Å². The van der Waals surface area contributed by atoms with Crippen LogP contribution in [0.25, 0.3) is 0 Å². The molecule has 7 nitrogen and oxygen atoms in total. The number of nitrogens with one attached hydrogen (secondary N) is 1. The maximum atomic E-state index is 12.2. The van der Waals surface area contributed by atoms with Crippen molar-refractivity contribution < 1.29 is 9.53 Å². The van der Waals surface area contributed by atoms with Gasteiger partial charge in [-0.25, -0.2) is 4.98 Å². The van der Waals surface area contributed by atoms with Crippen molar-refractivity contribution in [3.8, 4) is 5.88 Å². The second-order valence-corrected chi connectivity index (χ2v) is 6.80. The number of hydrogen-bond acceptors (Lipinski definition) is 6. The lowest BCUT2D eigenvalue weighted by molar-refractivity contribution is 0.0955. The minimum Gasteiger partial charge on any atom is -0.474 e. The van der Waals surface area contributed by atoms with Gasteiger partial charge in [0.15, 0.2) is 5.16 Å². The van der Waals surface area contributed by atoms with Crippen LogP contribution in [0.2, 0.25) is 0 Å². The average Bonchev–Trinajstić information content (AvgIpc) is 3.24. The lowest BCUT2D eigenvalue weighted by Gasteiger charge is -2.12. The summed E-state index contributed by atoms with van der Waals surface area (Å²) in [6.07, 6.45) is 8.05. The molecule has 1 amide bonds. The van der Waals surface area contributed by atoms with Gasteiger partial charge in [0.2, 0.25) is 5.88 Å². The number of ether oxygens (including phenoxy) is 1. The van der Waals surface area contributed by atoms with Crippen molar-refractivity contribution in [1.29, 1.82) is 0 Å². The van der Waals surface area contributed by atoms with Gasteiger partial charge in [-0.1, -0.05) is 11.8 Å². The number of rotatable bonds is 7. The highest BCUT2D eigenvalue weighted by Crippen LogP contribution is 2.23. The van der Waals surface area contributed by atoms with Crippen LogP contribution in [-0.4, -0.2) is 44.1 Å². The van der Waals surface area contributed by atoms with Crippen molar-refractivity contribution in [2.24, 2.45) is 7.05 Å². The first-order chi connectivity index (χ1) is 11.7. The fourth-order valence-electron chi connectivity index (χ4n) is 2.60. The Morgan fingerprint density at radius 2 is 2.29 bits per heavy atom. The van der Waals surface area contributed by atoms with Gasteiger partial charge in [-0.05, 0) is 31.7 Å². The molecule has 3 rings (SSSR count). The van der Waals surface area contributed by atoms with Crippen LogP contribution in [0.3, 0.4) is 0 Å². The Hall–Kier alpha value is -2.09. The highest BCUT2D eigenvalue weighted by molar-refractivity contribution is 7.99. The molecule has 0 saturated heterocycles. The van der Waals surface area contributed by atoms with Crippen molar-refractivity contribution in [1.82, 2.24) is 25.1 Å². The molecule has 1 N–H and O–H groups in total. The fourth-order valence-corrected chi connectivity index (χ4v) is 3.35. The van der Waals surface area contributed by atoms with E-state index in [1.165, 1.54) is 12.8 Å². The number of aryl methyl sites for hydroxylation is 1. The third kappa shape index (κ3) is 4.47. The molecule has 128 valence electrons. The Bertz CT molecular complexity index is 685. The molecule has 0 bridgehead atoms. The highest BCUT2D eigenvalue weighted by Gasteiger charge is 2.17. The largest absolute Gasteiger partial charge is 0.474 e. The van der Waals surface area contributed by atoms with E-state index in [0.29, 0.717) is 18.0 Å². The lowest BCUT2D eigenvalue weighted by atomic mass is 10.2. The summed E-state index contributed by atoms with van der Waals surface area (Å²) in [4.78, 5) is 16.4. The fraction of sp³-hybridized carbons (Fsp3) is 0.500. The number of pyridine rings is 1. The quantitative estimate of drug-likeness (QED) is 0.610. The Morgan fingerprint density at radius 1 is 1.46 bits per heavy atom. The predicted octanol–water partition coefficient (Wildman–Crippen LogP) is 2.05. The SMILES string of the molecule is Cn1cnnc1SCCNC(=O)c1ccnc(OC2CCCC2)c1. The summed E-state index contributed by atoms with van der Waals surface area (Å²) in [5.74, 6) is 1.14. The molecule has 0 spiro atoms. The highest BCUT2D eigenvalue weighted by atomic mass is 32.2. The predicted molar refractivity (Wildman–Crippen MR) is 91.2 cm³/mol. The summed E-state index contributed by atoms with van der Waals surface area (Å²) in [5, 5.41) is 11.5. The Labute approximate surface area is 145 Å². The maximum Gasteiger partial charge on any atom is 0.251 e. The van der Waals surface area contributed by atoms with Gasteiger partial charge in [0, 0.05) is 37.2 Å². The zero-order valence-corrected chi connectivity index (χ0v) is 14.5. The molecule has 1 aliphatic rings. The maximum absolute atomic E-state index is 12.2. The van der Waals surface area contributed by atoms with E-state index >= 15 is 0 Å². The normalized spacial score (nSPS) is 14.7. The van der Waals surface area contributed by atoms with Crippen LogP contribution in [0.4, 0.5) is 0 Å². The minimum atomic E-state index is -0.118. The number of hydrogen-bond donors (Lipinski definition) is 1. The summed E-state index contributed by atoms with van der Waals surface area (Å²) in [6, 6.07) is 3.41.